The normalized spacial score (nSPS) is 6.80. The quantitative estimate of drug-likeness (QED) is 0.305. The van der Waals surface area contributed by atoms with E-state index in [2.05, 4.69) is 12.4 Å². The molecule has 0 saturated carbocycles. The summed E-state index contributed by atoms with van der Waals surface area (Å²) in [5, 5.41) is 7.36. The number of carbonyl (C=O) groups is 1. The second-order valence-corrected chi connectivity index (χ2v) is 0.494. The van der Waals surface area contributed by atoms with Gasteiger partial charge in [0.05, 0.1) is 0 Å². The summed E-state index contributed by atoms with van der Waals surface area (Å²) in [5.41, 5.74) is 2.14. The van der Waals surface area contributed by atoms with Gasteiger partial charge in [0.2, 0.25) is 0 Å². The Bertz CT molecular complexity index is 42.9. The highest BCUT2D eigenvalue weighted by atomic mass is 16.5. The number of hydrogen-bond donors (Lipinski definition) is 1. The molecule has 0 aromatic heterocycles. The number of rotatable bonds is 0. The first-order valence-corrected chi connectivity index (χ1v) is 0.981. The van der Waals surface area contributed by atoms with Gasteiger partial charge in [-0.15, -0.1) is 0 Å². The molecule has 0 unspecified atom stereocenters. The molecule has 0 saturated heterocycles. The van der Waals surface area contributed by atoms with Gasteiger partial charge in [-0.2, -0.15) is 0 Å². The van der Waals surface area contributed by atoms with Crippen molar-refractivity contribution in [1.29, 1.82) is 0 Å². The van der Waals surface area contributed by atoms with Gasteiger partial charge in [-0.25, -0.2) is 0 Å². The minimum Gasteiger partial charge on any atom is -0.270 e. The minimum absolute atomic E-state index is 0.815. The molecule has 3 heteroatoms. The van der Waals surface area contributed by atoms with Gasteiger partial charge in [0, 0.05) is 6.92 Å². The number of hydroxylamine groups is 1. The fourth-order valence-corrected chi connectivity index (χ4v) is 0. The molecule has 1 amide bonds. The number of amides is 1. The maximum absolute atomic E-state index is 9.28. The molecule has 0 aliphatic heterocycles. The van der Waals surface area contributed by atoms with E-state index >= 15 is 0 Å². The van der Waals surface area contributed by atoms with Crippen LogP contribution in [0.4, 0.5) is 0 Å². The van der Waals surface area contributed by atoms with Gasteiger partial charge < -0.3 is 0 Å². The first-order valence-electron chi connectivity index (χ1n) is 0.981. The molecule has 0 atom stereocenters. The standard InChI is InChI=1S/C2H3NO2/c1-2(4)3-5/h5H,1H2. The molecule has 5 heavy (non-hydrogen) atoms. The van der Waals surface area contributed by atoms with Crippen LogP contribution in [0.2, 0.25) is 0 Å². The highest BCUT2D eigenvalue weighted by molar-refractivity contribution is 5.78. The summed E-state index contributed by atoms with van der Waals surface area (Å²) in [6, 6.07) is 0. The molecule has 0 spiro atoms. The fourth-order valence-electron chi connectivity index (χ4n) is 0. The van der Waals surface area contributed by atoms with Gasteiger partial charge in [-0.05, 0) is 0 Å². The smallest absolute Gasteiger partial charge is 0.269 e. The fraction of sp³-hybridized carbons (Fsp3) is 0. The van der Waals surface area contributed by atoms with Crippen LogP contribution < -0.4 is 5.48 Å². The predicted molar refractivity (Wildman–Crippen MR) is 14.3 cm³/mol. The zero-order valence-electron chi connectivity index (χ0n) is 2.51. The number of nitrogens with zero attached hydrogens (tertiary/aromatic N) is 1. The summed E-state index contributed by atoms with van der Waals surface area (Å²) >= 11 is 0. The molecule has 0 aliphatic rings. The average molecular weight is 73.1 g/mol. The monoisotopic (exact) mass is 73.0 g/mol. The van der Waals surface area contributed by atoms with E-state index in [1.807, 2.05) is 0 Å². The van der Waals surface area contributed by atoms with E-state index in [-0.39, 0.29) is 0 Å². The molecule has 2 radical (unpaired) electrons. The van der Waals surface area contributed by atoms with Crippen LogP contribution >= 0.6 is 0 Å². The molecule has 0 aromatic rings. The van der Waals surface area contributed by atoms with Crippen LogP contribution in [-0.4, -0.2) is 11.1 Å². The van der Waals surface area contributed by atoms with Crippen LogP contribution in [0, 0.1) is 6.92 Å². The van der Waals surface area contributed by atoms with Crippen LogP contribution in [0.15, 0.2) is 0 Å². The molecule has 3 nitrogen and oxygen atoms in total. The Kier molecular flexibility index (Phi) is 1.53. The maximum atomic E-state index is 9.28. The largest absolute Gasteiger partial charge is 0.270 e. The second kappa shape index (κ2) is 1.72. The lowest BCUT2D eigenvalue weighted by Gasteiger charge is -1.72. The zero-order chi connectivity index (χ0) is 4.28. The average Bonchev–Trinajstić information content (AvgIpc) is 1.38. The van der Waals surface area contributed by atoms with E-state index in [0.29, 0.717) is 0 Å². The Labute approximate surface area is 29.6 Å². The highest BCUT2D eigenvalue weighted by Crippen LogP contribution is 1.47. The van der Waals surface area contributed by atoms with Crippen molar-refractivity contribution < 1.29 is 10.0 Å². The van der Waals surface area contributed by atoms with E-state index in [1.54, 1.807) is 0 Å². The van der Waals surface area contributed by atoms with Gasteiger partial charge >= 0.3 is 0 Å². The van der Waals surface area contributed by atoms with E-state index in [4.69, 9.17) is 5.21 Å². The molecule has 0 bridgehead atoms. The highest BCUT2D eigenvalue weighted by Gasteiger charge is 1.79. The lowest BCUT2D eigenvalue weighted by molar-refractivity contribution is -0.125. The summed E-state index contributed by atoms with van der Waals surface area (Å²) in [5.74, 6) is -0.815. The molecule has 0 rings (SSSR count). The summed E-state index contributed by atoms with van der Waals surface area (Å²) in [4.78, 5) is 9.28. The van der Waals surface area contributed by atoms with Crippen LogP contribution in [0.5, 0.6) is 0 Å². The number of carbonyl (C=O) groups excluding carboxylic acids is 1. The van der Waals surface area contributed by atoms with Crippen molar-refractivity contribution in [2.45, 2.75) is 0 Å². The van der Waals surface area contributed by atoms with Crippen molar-refractivity contribution in [3.63, 3.8) is 0 Å². The second-order valence-electron chi connectivity index (χ2n) is 0.494. The lowest BCUT2D eigenvalue weighted by atomic mass is 10.8. The molecule has 28 valence electrons. The molecular formula is C2H3NO2. The molecule has 0 aliphatic carbocycles. The molecule has 1 N–H and O–H groups in total. The topological polar surface area (TPSA) is 51.4 Å². The first-order chi connectivity index (χ1) is 2.27. The van der Waals surface area contributed by atoms with Crippen molar-refractivity contribution in [3.8, 4) is 0 Å². The third kappa shape index (κ3) is 3.43. The zero-order valence-corrected chi connectivity index (χ0v) is 2.51. The molecule has 0 heterocycles. The lowest BCUT2D eigenvalue weighted by Crippen LogP contribution is -2.03. The van der Waals surface area contributed by atoms with Crippen LogP contribution in [0.1, 0.15) is 0 Å². The molecular weight excluding hydrogens is 70.0 g/mol. The van der Waals surface area contributed by atoms with Gasteiger partial charge in [-0.3, -0.25) is 10.0 Å². The SMILES string of the molecule is [CH2]C(=O)[N]O. The Hall–Kier alpha value is -0.570. The third-order valence-corrected chi connectivity index (χ3v) is 0.112. The number of hydrogen-bond acceptors (Lipinski definition) is 2. The van der Waals surface area contributed by atoms with Crippen molar-refractivity contribution >= 4 is 5.91 Å². The molecule has 0 fully saturated rings. The third-order valence-electron chi connectivity index (χ3n) is 0.112. The van der Waals surface area contributed by atoms with E-state index in [0.717, 1.165) is 0 Å². The minimum atomic E-state index is -0.815. The Balaban J connectivity index is 2.85. The van der Waals surface area contributed by atoms with Crippen molar-refractivity contribution in [2.75, 3.05) is 0 Å². The summed E-state index contributed by atoms with van der Waals surface area (Å²) < 4.78 is 0. The Morgan fingerprint density at radius 1 is 2.00 bits per heavy atom. The van der Waals surface area contributed by atoms with Crippen LogP contribution in [0.3, 0.4) is 0 Å². The predicted octanol–water partition coefficient (Wildman–Crippen LogP) is -0.659. The van der Waals surface area contributed by atoms with E-state index < -0.39 is 5.91 Å². The van der Waals surface area contributed by atoms with Gasteiger partial charge in [0.25, 0.3) is 5.91 Å². The van der Waals surface area contributed by atoms with E-state index in [1.165, 1.54) is 0 Å². The van der Waals surface area contributed by atoms with Crippen molar-refractivity contribution in [2.24, 2.45) is 0 Å². The van der Waals surface area contributed by atoms with Crippen molar-refractivity contribution in [1.82, 2.24) is 5.48 Å². The molecule has 0 aromatic carbocycles. The van der Waals surface area contributed by atoms with Crippen LogP contribution in [-0.2, 0) is 4.79 Å². The van der Waals surface area contributed by atoms with Crippen molar-refractivity contribution in [3.05, 3.63) is 6.92 Å². The van der Waals surface area contributed by atoms with Crippen LogP contribution in [0.25, 0.3) is 0 Å². The first kappa shape index (κ1) is 4.43. The summed E-state index contributed by atoms with van der Waals surface area (Å²) in [7, 11) is 0. The van der Waals surface area contributed by atoms with Gasteiger partial charge in [0.15, 0.2) is 0 Å². The Morgan fingerprint density at radius 2 is 2.20 bits per heavy atom. The van der Waals surface area contributed by atoms with Gasteiger partial charge in [0.1, 0.15) is 0 Å². The van der Waals surface area contributed by atoms with E-state index in [9.17, 15) is 4.79 Å². The Morgan fingerprint density at radius 3 is 2.20 bits per heavy atom. The van der Waals surface area contributed by atoms with Gasteiger partial charge in [-0.1, -0.05) is 5.48 Å². The summed E-state index contributed by atoms with van der Waals surface area (Å²) in [6.45, 7) is 2.70. The summed E-state index contributed by atoms with van der Waals surface area (Å²) in [6.07, 6.45) is 0. The maximum Gasteiger partial charge on any atom is 0.269 e.